The molecule has 0 aliphatic carbocycles. The number of esters is 1. The van der Waals surface area contributed by atoms with Gasteiger partial charge in [0.25, 0.3) is 0 Å². The summed E-state index contributed by atoms with van der Waals surface area (Å²) < 4.78 is 4.66. The molecule has 22 heavy (non-hydrogen) atoms. The molecule has 0 fully saturated rings. The molecule has 0 bridgehead atoms. The number of rotatable bonds is 4. The fourth-order valence-corrected chi connectivity index (χ4v) is 2.31. The minimum absolute atomic E-state index is 0.188. The van der Waals surface area contributed by atoms with Gasteiger partial charge in [-0.1, -0.05) is 0 Å². The van der Waals surface area contributed by atoms with Crippen molar-refractivity contribution in [3.8, 4) is 0 Å². The molecule has 0 unspecified atom stereocenters. The zero-order chi connectivity index (χ0) is 15.4. The van der Waals surface area contributed by atoms with Crippen LogP contribution in [0.25, 0.3) is 0 Å². The van der Waals surface area contributed by atoms with Crippen molar-refractivity contribution < 1.29 is 9.53 Å². The van der Waals surface area contributed by atoms with E-state index in [0.29, 0.717) is 5.95 Å². The van der Waals surface area contributed by atoms with Crippen molar-refractivity contribution in [1.29, 1.82) is 0 Å². The molecule has 3 heterocycles. The fraction of sp³-hybridized carbons (Fsp3) is 0.333. The molecule has 0 aromatic carbocycles. The monoisotopic (exact) mass is 299 g/mol. The topological polar surface area (TPSA) is 89.0 Å². The Bertz CT molecular complexity index is 689. The number of hydrogen-bond donors (Lipinski definition) is 2. The zero-order valence-electron chi connectivity index (χ0n) is 12.3. The highest BCUT2D eigenvalue weighted by Crippen LogP contribution is 2.17. The average molecular weight is 299 g/mol. The Morgan fingerprint density at radius 1 is 1.41 bits per heavy atom. The van der Waals surface area contributed by atoms with Crippen LogP contribution in [0, 0.1) is 0 Å². The van der Waals surface area contributed by atoms with Crippen LogP contribution in [-0.4, -0.2) is 34.6 Å². The molecule has 0 atom stereocenters. The number of anilines is 2. The third kappa shape index (κ3) is 3.37. The summed E-state index contributed by atoms with van der Waals surface area (Å²) in [6.07, 6.45) is 6.30. The van der Waals surface area contributed by atoms with Gasteiger partial charge < -0.3 is 15.4 Å². The highest BCUT2D eigenvalue weighted by atomic mass is 16.5. The van der Waals surface area contributed by atoms with Crippen molar-refractivity contribution in [3.63, 3.8) is 0 Å². The summed E-state index contributed by atoms with van der Waals surface area (Å²) >= 11 is 0. The Morgan fingerprint density at radius 3 is 3.18 bits per heavy atom. The molecular weight excluding hydrogens is 282 g/mol. The van der Waals surface area contributed by atoms with Crippen LogP contribution in [0.4, 0.5) is 11.6 Å². The Hall–Kier alpha value is -2.54. The van der Waals surface area contributed by atoms with Gasteiger partial charge in [0.1, 0.15) is 0 Å². The van der Waals surface area contributed by atoms with Gasteiger partial charge in [0.2, 0.25) is 5.95 Å². The van der Waals surface area contributed by atoms with E-state index in [1.165, 1.54) is 12.7 Å². The third-order valence-corrected chi connectivity index (χ3v) is 3.44. The van der Waals surface area contributed by atoms with Crippen molar-refractivity contribution in [2.24, 2.45) is 0 Å². The smallest absolute Gasteiger partial charge is 0.310 e. The van der Waals surface area contributed by atoms with Gasteiger partial charge in [-0.15, -0.1) is 0 Å². The van der Waals surface area contributed by atoms with Crippen molar-refractivity contribution in [2.75, 3.05) is 19.0 Å². The van der Waals surface area contributed by atoms with Crippen LogP contribution in [0.2, 0.25) is 0 Å². The number of ether oxygens (including phenoxy) is 1. The summed E-state index contributed by atoms with van der Waals surface area (Å²) in [5, 5.41) is 6.41. The Morgan fingerprint density at radius 2 is 2.32 bits per heavy atom. The van der Waals surface area contributed by atoms with Crippen molar-refractivity contribution >= 4 is 17.6 Å². The summed E-state index contributed by atoms with van der Waals surface area (Å²) in [5.41, 5.74) is 3.71. The first-order valence-corrected chi connectivity index (χ1v) is 7.08. The maximum absolute atomic E-state index is 11.3. The second-order valence-corrected chi connectivity index (χ2v) is 5.05. The van der Waals surface area contributed by atoms with Crippen LogP contribution < -0.4 is 10.6 Å². The van der Waals surface area contributed by atoms with Gasteiger partial charge in [0, 0.05) is 18.9 Å². The maximum Gasteiger partial charge on any atom is 0.310 e. The van der Waals surface area contributed by atoms with E-state index in [0.717, 1.165) is 36.5 Å². The molecule has 2 N–H and O–H groups in total. The molecule has 7 heteroatoms. The van der Waals surface area contributed by atoms with Gasteiger partial charge in [-0.25, -0.2) is 9.97 Å². The summed E-state index contributed by atoms with van der Waals surface area (Å²) in [7, 11) is 1.37. The minimum atomic E-state index is -0.296. The summed E-state index contributed by atoms with van der Waals surface area (Å²) in [5.74, 6) is 0.231. The predicted octanol–water partition coefficient (Wildman–Crippen LogP) is 0.976. The van der Waals surface area contributed by atoms with Gasteiger partial charge >= 0.3 is 5.97 Å². The molecule has 0 saturated carbocycles. The normalized spacial score (nSPS) is 13.3. The quantitative estimate of drug-likeness (QED) is 0.813. The van der Waals surface area contributed by atoms with Crippen LogP contribution in [-0.2, 0) is 28.9 Å². The lowest BCUT2D eigenvalue weighted by molar-refractivity contribution is -0.139. The van der Waals surface area contributed by atoms with E-state index in [-0.39, 0.29) is 12.4 Å². The highest BCUT2D eigenvalue weighted by Gasteiger charge is 2.12. The van der Waals surface area contributed by atoms with Crippen LogP contribution in [0.3, 0.4) is 0 Å². The van der Waals surface area contributed by atoms with E-state index < -0.39 is 0 Å². The second-order valence-electron chi connectivity index (χ2n) is 5.05. The van der Waals surface area contributed by atoms with Crippen LogP contribution in [0.5, 0.6) is 0 Å². The van der Waals surface area contributed by atoms with Gasteiger partial charge in [0.15, 0.2) is 0 Å². The predicted molar refractivity (Wildman–Crippen MR) is 80.7 cm³/mol. The molecular formula is C15H17N5O2. The van der Waals surface area contributed by atoms with Crippen molar-refractivity contribution in [1.82, 2.24) is 20.3 Å². The molecule has 2 aromatic heterocycles. The molecule has 0 amide bonds. The number of nitrogens with zero attached hydrogens (tertiary/aromatic N) is 3. The molecule has 0 radical (unpaired) electrons. The Kier molecular flexibility index (Phi) is 4.24. The molecule has 1 aliphatic heterocycles. The molecule has 2 aromatic rings. The van der Waals surface area contributed by atoms with Gasteiger partial charge in [-0.3, -0.25) is 9.78 Å². The van der Waals surface area contributed by atoms with Crippen molar-refractivity contribution in [3.05, 3.63) is 41.5 Å². The number of hydrogen-bond acceptors (Lipinski definition) is 7. The second kappa shape index (κ2) is 6.48. The van der Waals surface area contributed by atoms with Gasteiger partial charge in [0.05, 0.1) is 31.1 Å². The lowest BCUT2D eigenvalue weighted by Crippen LogP contribution is -2.25. The third-order valence-electron chi connectivity index (χ3n) is 3.44. The van der Waals surface area contributed by atoms with E-state index in [4.69, 9.17) is 0 Å². The fourth-order valence-electron chi connectivity index (χ4n) is 2.31. The number of nitrogens with one attached hydrogen (secondary N) is 2. The molecule has 0 spiro atoms. The first kappa shape index (κ1) is 14.4. The number of aromatic nitrogens is 3. The van der Waals surface area contributed by atoms with E-state index in [9.17, 15) is 4.79 Å². The molecule has 114 valence electrons. The first-order valence-electron chi connectivity index (χ1n) is 7.08. The largest absolute Gasteiger partial charge is 0.469 e. The maximum atomic E-state index is 11.3. The summed E-state index contributed by atoms with van der Waals surface area (Å²) in [6.45, 7) is 1.72. The summed E-state index contributed by atoms with van der Waals surface area (Å²) in [6, 6.07) is 1.84. The number of carbonyl (C=O) groups excluding carboxylic acids is 1. The zero-order valence-corrected chi connectivity index (χ0v) is 12.3. The number of fused-ring (bicyclic) bond motifs is 1. The average Bonchev–Trinajstić information content (AvgIpc) is 2.55. The van der Waals surface area contributed by atoms with Crippen LogP contribution in [0.1, 0.15) is 16.8 Å². The van der Waals surface area contributed by atoms with Gasteiger partial charge in [-0.05, 0) is 30.2 Å². The van der Waals surface area contributed by atoms with E-state index in [2.05, 4.69) is 30.3 Å². The molecule has 3 rings (SSSR count). The Labute approximate surface area is 128 Å². The Balaban J connectivity index is 1.75. The van der Waals surface area contributed by atoms with E-state index in [1.54, 1.807) is 12.4 Å². The van der Waals surface area contributed by atoms with Crippen LogP contribution in [0.15, 0.2) is 24.7 Å². The molecule has 7 nitrogen and oxygen atoms in total. The van der Waals surface area contributed by atoms with E-state index >= 15 is 0 Å². The molecule has 1 aliphatic rings. The minimum Gasteiger partial charge on any atom is -0.469 e. The first-order chi connectivity index (χ1) is 10.7. The summed E-state index contributed by atoms with van der Waals surface area (Å²) in [4.78, 5) is 24.3. The molecule has 0 saturated heterocycles. The lowest BCUT2D eigenvalue weighted by atomic mass is 10.1. The standard InChI is InChI=1S/C15H17N5O2/c1-22-14(21)5-10-4-12(8-17-6-10)19-15-18-7-11-2-3-16-9-13(11)20-15/h4,6-8,16H,2-3,5,9H2,1H3,(H,18,19,20). The number of carbonyl (C=O) groups is 1. The highest BCUT2D eigenvalue weighted by molar-refractivity contribution is 5.72. The number of pyridine rings is 1. The number of methoxy groups -OCH3 is 1. The van der Waals surface area contributed by atoms with Gasteiger partial charge in [-0.2, -0.15) is 0 Å². The lowest BCUT2D eigenvalue weighted by Gasteiger charge is -2.16. The SMILES string of the molecule is COC(=O)Cc1cncc(Nc2ncc3c(n2)CNCC3)c1. The van der Waals surface area contributed by atoms with Crippen molar-refractivity contribution in [2.45, 2.75) is 19.4 Å². The van der Waals surface area contributed by atoms with E-state index in [1.807, 2.05) is 12.3 Å². The van der Waals surface area contributed by atoms with Crippen LogP contribution >= 0.6 is 0 Å².